The molecular weight excluding hydrogens is 482 g/mol. The van der Waals surface area contributed by atoms with Crippen molar-refractivity contribution in [2.24, 2.45) is 5.92 Å². The van der Waals surface area contributed by atoms with Crippen LogP contribution < -0.4 is 5.32 Å². The van der Waals surface area contributed by atoms with Crippen LogP contribution in [0.25, 0.3) is 22.3 Å². The van der Waals surface area contributed by atoms with E-state index >= 15 is 0 Å². The highest BCUT2D eigenvalue weighted by Gasteiger charge is 2.30. The maximum absolute atomic E-state index is 13.7. The van der Waals surface area contributed by atoms with Crippen molar-refractivity contribution < 1.29 is 14.3 Å². The second-order valence-corrected chi connectivity index (χ2v) is 10.1. The zero-order chi connectivity index (χ0) is 24.5. The molecule has 0 saturated heterocycles. The highest BCUT2D eigenvalue weighted by molar-refractivity contribution is 7.17. The fourth-order valence-corrected chi connectivity index (χ4v) is 6.19. The van der Waals surface area contributed by atoms with Gasteiger partial charge in [0.05, 0.1) is 40.2 Å². The molecule has 4 aromatic rings. The molecule has 0 bridgehead atoms. The maximum atomic E-state index is 13.7. The number of esters is 1. The molecule has 3 heterocycles. The Balaban J connectivity index is 1.60. The van der Waals surface area contributed by atoms with E-state index in [1.807, 2.05) is 24.3 Å². The van der Waals surface area contributed by atoms with Gasteiger partial charge in [0, 0.05) is 16.5 Å². The van der Waals surface area contributed by atoms with Crippen molar-refractivity contribution in [2.45, 2.75) is 32.6 Å². The lowest BCUT2D eigenvalue weighted by molar-refractivity contribution is 0.0601. The van der Waals surface area contributed by atoms with Gasteiger partial charge in [0.1, 0.15) is 5.00 Å². The zero-order valence-electron chi connectivity index (χ0n) is 19.4. The fourth-order valence-electron chi connectivity index (χ4n) is 4.63. The Hall–Kier alpha value is -3.29. The minimum Gasteiger partial charge on any atom is -0.465 e. The second kappa shape index (κ2) is 9.76. The summed E-state index contributed by atoms with van der Waals surface area (Å²) in [7, 11) is 1.37. The Kier molecular flexibility index (Phi) is 6.54. The highest BCUT2D eigenvalue weighted by atomic mass is 35.5. The number of amides is 1. The van der Waals surface area contributed by atoms with Gasteiger partial charge in [0.2, 0.25) is 0 Å². The summed E-state index contributed by atoms with van der Waals surface area (Å²) in [5, 5.41) is 4.61. The number of nitrogens with zero attached hydrogens (tertiary/aromatic N) is 2. The minimum absolute atomic E-state index is 0.340. The topological polar surface area (TPSA) is 81.2 Å². The lowest BCUT2D eigenvalue weighted by atomic mass is 9.85. The number of carbonyl (C=O) groups is 2. The molecule has 0 saturated carbocycles. The van der Waals surface area contributed by atoms with Crippen LogP contribution in [0.4, 0.5) is 5.00 Å². The molecule has 1 aliphatic carbocycles. The van der Waals surface area contributed by atoms with Gasteiger partial charge < -0.3 is 10.1 Å². The van der Waals surface area contributed by atoms with Gasteiger partial charge >= 0.3 is 5.97 Å². The van der Waals surface area contributed by atoms with Crippen LogP contribution in [0.5, 0.6) is 0 Å². The van der Waals surface area contributed by atoms with E-state index in [1.165, 1.54) is 18.4 Å². The summed E-state index contributed by atoms with van der Waals surface area (Å²) in [5.41, 5.74) is 3.57. The van der Waals surface area contributed by atoms with E-state index in [0.717, 1.165) is 36.1 Å². The van der Waals surface area contributed by atoms with Crippen LogP contribution in [0.15, 0.2) is 48.7 Å². The number of thiophene rings is 1. The molecule has 0 aliphatic heterocycles. The summed E-state index contributed by atoms with van der Waals surface area (Å²) in [6, 6.07) is 12.6. The maximum Gasteiger partial charge on any atom is 0.341 e. The summed E-state index contributed by atoms with van der Waals surface area (Å²) in [6.07, 6.45) is 5.51. The molecule has 6 nitrogen and oxygen atoms in total. The van der Waals surface area contributed by atoms with E-state index in [9.17, 15) is 9.59 Å². The lowest BCUT2D eigenvalue weighted by Crippen LogP contribution is -2.17. The number of halogens is 1. The Morgan fingerprint density at radius 3 is 2.80 bits per heavy atom. The molecule has 1 aromatic carbocycles. The standard InChI is InChI=1S/C27H24ClN3O3S/c1-3-15-10-11-17-22(13-15)35-26(23(17)27(33)34-2)31-25(32)18-14-21(20-9-4-5-12-29-20)30-24-16(18)7-6-8-19(24)28/h4-9,12,14-15H,3,10-11,13H2,1-2H3,(H,31,32)/t15-/m0/s1. The zero-order valence-corrected chi connectivity index (χ0v) is 21.0. The van der Waals surface area contributed by atoms with Gasteiger partial charge in [-0.15, -0.1) is 11.3 Å². The molecule has 1 amide bonds. The predicted octanol–water partition coefficient (Wildman–Crippen LogP) is 6.57. The van der Waals surface area contributed by atoms with Crippen LogP contribution in [-0.4, -0.2) is 29.0 Å². The van der Waals surface area contributed by atoms with Crippen LogP contribution in [0.2, 0.25) is 5.02 Å². The average Bonchev–Trinajstić information content (AvgIpc) is 3.25. The monoisotopic (exact) mass is 505 g/mol. The van der Waals surface area contributed by atoms with Gasteiger partial charge in [-0.05, 0) is 55.0 Å². The van der Waals surface area contributed by atoms with Gasteiger partial charge in [-0.1, -0.05) is 43.1 Å². The first kappa shape index (κ1) is 23.5. The number of para-hydroxylation sites is 1. The van der Waals surface area contributed by atoms with E-state index < -0.39 is 5.97 Å². The fraction of sp³-hybridized carbons (Fsp3) is 0.259. The van der Waals surface area contributed by atoms with Crippen molar-refractivity contribution in [1.29, 1.82) is 0 Å². The number of methoxy groups -OCH3 is 1. The summed E-state index contributed by atoms with van der Waals surface area (Å²) in [5.74, 6) is -0.181. The van der Waals surface area contributed by atoms with Crippen molar-refractivity contribution in [3.8, 4) is 11.4 Å². The normalized spacial score (nSPS) is 15.0. The van der Waals surface area contributed by atoms with Crippen molar-refractivity contribution in [3.63, 3.8) is 0 Å². The third-order valence-corrected chi connectivity index (χ3v) is 8.00. The number of benzene rings is 1. The van der Waals surface area contributed by atoms with E-state index in [0.29, 0.717) is 49.4 Å². The van der Waals surface area contributed by atoms with Gasteiger partial charge in [0.15, 0.2) is 0 Å². The predicted molar refractivity (Wildman–Crippen MR) is 139 cm³/mol. The first-order valence-electron chi connectivity index (χ1n) is 11.5. The summed E-state index contributed by atoms with van der Waals surface area (Å²) >= 11 is 7.93. The van der Waals surface area contributed by atoms with Crippen molar-refractivity contribution >= 4 is 50.7 Å². The molecule has 178 valence electrons. The number of hydrogen-bond donors (Lipinski definition) is 1. The highest BCUT2D eigenvalue weighted by Crippen LogP contribution is 2.41. The van der Waals surface area contributed by atoms with E-state index in [-0.39, 0.29) is 5.91 Å². The Morgan fingerprint density at radius 1 is 1.20 bits per heavy atom. The third kappa shape index (κ3) is 4.42. The number of aromatic nitrogens is 2. The van der Waals surface area contributed by atoms with E-state index in [4.69, 9.17) is 16.3 Å². The van der Waals surface area contributed by atoms with E-state index in [1.54, 1.807) is 24.4 Å². The number of rotatable bonds is 5. The molecule has 0 fully saturated rings. The van der Waals surface area contributed by atoms with Gasteiger partial charge in [-0.25, -0.2) is 9.78 Å². The molecule has 0 unspecified atom stereocenters. The summed E-state index contributed by atoms with van der Waals surface area (Å²) in [4.78, 5) is 36.6. The van der Waals surface area contributed by atoms with Crippen LogP contribution in [-0.2, 0) is 17.6 Å². The number of anilines is 1. The number of pyridine rings is 2. The molecule has 8 heteroatoms. The molecule has 35 heavy (non-hydrogen) atoms. The number of fused-ring (bicyclic) bond motifs is 2. The largest absolute Gasteiger partial charge is 0.465 e. The molecule has 1 aliphatic rings. The van der Waals surface area contributed by atoms with Crippen LogP contribution >= 0.6 is 22.9 Å². The molecule has 3 aromatic heterocycles. The van der Waals surface area contributed by atoms with Gasteiger partial charge in [-0.3, -0.25) is 9.78 Å². The summed E-state index contributed by atoms with van der Waals surface area (Å²) < 4.78 is 5.09. The Morgan fingerprint density at radius 2 is 2.06 bits per heavy atom. The second-order valence-electron chi connectivity index (χ2n) is 8.58. The van der Waals surface area contributed by atoms with Crippen molar-refractivity contribution in [3.05, 3.63) is 75.3 Å². The number of carbonyl (C=O) groups excluding carboxylic acids is 2. The molecular formula is C27H24ClN3O3S. The molecule has 0 spiro atoms. The Bertz CT molecular complexity index is 1430. The SMILES string of the molecule is CC[C@H]1CCc2c(sc(NC(=O)c3cc(-c4ccccn4)nc4c(Cl)cccc34)c2C(=O)OC)C1. The molecule has 1 atom stereocenters. The third-order valence-electron chi connectivity index (χ3n) is 6.52. The molecule has 0 radical (unpaired) electrons. The molecule has 1 N–H and O–H groups in total. The number of nitrogens with one attached hydrogen (secondary N) is 1. The lowest BCUT2D eigenvalue weighted by Gasteiger charge is -2.20. The minimum atomic E-state index is -0.426. The van der Waals surface area contributed by atoms with Gasteiger partial charge in [-0.2, -0.15) is 0 Å². The first-order valence-corrected chi connectivity index (χ1v) is 12.7. The number of hydrogen-bond acceptors (Lipinski definition) is 6. The van der Waals surface area contributed by atoms with Crippen LogP contribution in [0, 0.1) is 5.92 Å². The van der Waals surface area contributed by atoms with E-state index in [2.05, 4.69) is 22.2 Å². The summed E-state index contributed by atoms with van der Waals surface area (Å²) in [6.45, 7) is 2.19. The van der Waals surface area contributed by atoms with Crippen LogP contribution in [0.1, 0.15) is 50.9 Å². The molecule has 5 rings (SSSR count). The average molecular weight is 506 g/mol. The van der Waals surface area contributed by atoms with Crippen molar-refractivity contribution in [2.75, 3.05) is 12.4 Å². The smallest absolute Gasteiger partial charge is 0.341 e. The first-order chi connectivity index (χ1) is 17.0. The van der Waals surface area contributed by atoms with Crippen molar-refractivity contribution in [1.82, 2.24) is 9.97 Å². The number of ether oxygens (including phenoxy) is 1. The quantitative estimate of drug-likeness (QED) is 0.310. The van der Waals surface area contributed by atoms with Crippen LogP contribution in [0.3, 0.4) is 0 Å². The Labute approximate surface area is 212 Å². The van der Waals surface area contributed by atoms with Gasteiger partial charge in [0.25, 0.3) is 5.91 Å².